The summed E-state index contributed by atoms with van der Waals surface area (Å²) in [5, 5.41) is 4.18. The molecule has 1 fully saturated rings. The van der Waals surface area contributed by atoms with Gasteiger partial charge in [0.05, 0.1) is 6.20 Å². The molecule has 4 nitrogen and oxygen atoms in total. The molecule has 0 spiro atoms. The molecule has 2 aromatic rings. The van der Waals surface area contributed by atoms with Crippen LogP contribution in [0.25, 0.3) is 0 Å². The minimum Gasteiger partial charge on any atom is -0.339 e. The predicted octanol–water partition coefficient (Wildman–Crippen LogP) is 3.54. The lowest BCUT2D eigenvalue weighted by Crippen LogP contribution is -2.39. The van der Waals surface area contributed by atoms with Crippen LogP contribution < -0.4 is 0 Å². The predicted molar refractivity (Wildman–Crippen MR) is 95.7 cm³/mol. The highest BCUT2D eigenvalue weighted by molar-refractivity contribution is 5.77. The van der Waals surface area contributed by atoms with Crippen molar-refractivity contribution in [2.45, 2.75) is 51.0 Å². The van der Waals surface area contributed by atoms with Crippen LogP contribution in [-0.4, -0.2) is 33.2 Å². The van der Waals surface area contributed by atoms with Crippen molar-refractivity contribution >= 4 is 5.91 Å². The number of rotatable bonds is 6. The fraction of sp³-hybridized carbons (Fsp3) is 0.500. The highest BCUT2D eigenvalue weighted by Crippen LogP contribution is 2.34. The maximum absolute atomic E-state index is 12.8. The van der Waals surface area contributed by atoms with Crippen LogP contribution in [0.5, 0.6) is 0 Å². The number of nitrogens with zero attached hydrogens (tertiary/aromatic N) is 3. The average Bonchev–Trinajstić information content (AvgIpc) is 3.24. The Bertz CT molecular complexity index is 665. The van der Waals surface area contributed by atoms with Crippen molar-refractivity contribution in [3.05, 3.63) is 53.9 Å². The van der Waals surface area contributed by atoms with Crippen molar-refractivity contribution < 1.29 is 4.79 Å². The number of aromatic nitrogens is 2. The maximum atomic E-state index is 12.8. The molecule has 1 aliphatic heterocycles. The summed E-state index contributed by atoms with van der Waals surface area (Å²) < 4.78 is 1.79. The van der Waals surface area contributed by atoms with E-state index in [4.69, 9.17) is 0 Å². The first-order valence-corrected chi connectivity index (χ1v) is 9.01. The van der Waals surface area contributed by atoms with Gasteiger partial charge < -0.3 is 4.90 Å². The lowest BCUT2D eigenvalue weighted by Gasteiger charge is -2.31. The summed E-state index contributed by atoms with van der Waals surface area (Å²) in [6, 6.07) is 11.0. The Morgan fingerprint density at radius 3 is 2.79 bits per heavy atom. The van der Waals surface area contributed by atoms with Crippen LogP contribution in [0.2, 0.25) is 0 Å². The van der Waals surface area contributed by atoms with Crippen molar-refractivity contribution in [3.8, 4) is 0 Å². The number of carbonyl (C=O) groups is 1. The Labute approximate surface area is 144 Å². The Morgan fingerprint density at radius 1 is 1.33 bits per heavy atom. The lowest BCUT2D eigenvalue weighted by atomic mass is 9.87. The van der Waals surface area contributed by atoms with Crippen molar-refractivity contribution in [1.29, 1.82) is 0 Å². The maximum Gasteiger partial charge on any atom is 0.223 e. The molecule has 1 saturated heterocycles. The van der Waals surface area contributed by atoms with Gasteiger partial charge >= 0.3 is 0 Å². The second kappa shape index (κ2) is 7.65. The van der Waals surface area contributed by atoms with E-state index in [2.05, 4.69) is 47.3 Å². The van der Waals surface area contributed by atoms with Crippen LogP contribution in [0.4, 0.5) is 0 Å². The van der Waals surface area contributed by atoms with Crippen LogP contribution >= 0.6 is 0 Å². The standard InChI is InChI=1S/C20H27N3O/c1-3-18(17-8-5-4-6-9-17)19-10-7-13-23(19)20(24)12-11-16-14-21-22(2)15-16/h4-6,8-9,14-15,18-19H,3,7,10-13H2,1-2H3/t18-,19+/m1/s1. The third-order valence-electron chi connectivity index (χ3n) is 5.14. The van der Waals surface area contributed by atoms with E-state index in [1.165, 1.54) is 5.56 Å². The first kappa shape index (κ1) is 16.7. The van der Waals surface area contributed by atoms with Crippen LogP contribution in [-0.2, 0) is 18.3 Å². The van der Waals surface area contributed by atoms with Crippen LogP contribution in [0.3, 0.4) is 0 Å². The molecular formula is C20H27N3O. The fourth-order valence-electron chi connectivity index (χ4n) is 3.95. The minimum atomic E-state index is 0.288. The third kappa shape index (κ3) is 3.69. The highest BCUT2D eigenvalue weighted by Gasteiger charge is 2.34. The van der Waals surface area contributed by atoms with Gasteiger partial charge in [-0.15, -0.1) is 0 Å². The molecule has 1 aliphatic rings. The first-order valence-electron chi connectivity index (χ1n) is 9.01. The highest BCUT2D eigenvalue weighted by atomic mass is 16.2. The Balaban J connectivity index is 1.66. The average molecular weight is 325 g/mol. The van der Waals surface area contributed by atoms with Crippen LogP contribution in [0.1, 0.15) is 49.7 Å². The molecule has 2 atom stereocenters. The monoisotopic (exact) mass is 325 g/mol. The topological polar surface area (TPSA) is 38.1 Å². The van der Waals surface area contributed by atoms with Gasteiger partial charge in [0.25, 0.3) is 0 Å². The number of carbonyl (C=O) groups excluding carboxylic acids is 1. The SMILES string of the molecule is CC[C@H](c1ccccc1)[C@@H]1CCCN1C(=O)CCc1cnn(C)c1. The van der Waals surface area contributed by atoms with Crippen LogP contribution in [0.15, 0.2) is 42.7 Å². The lowest BCUT2D eigenvalue weighted by molar-refractivity contribution is -0.132. The molecule has 0 radical (unpaired) electrons. The van der Waals surface area contributed by atoms with Crippen molar-refractivity contribution in [2.24, 2.45) is 7.05 Å². The molecule has 3 rings (SSSR count). The van der Waals surface area contributed by atoms with Gasteiger partial charge in [0, 0.05) is 38.2 Å². The number of hydrogen-bond acceptors (Lipinski definition) is 2. The van der Waals surface area contributed by atoms with Gasteiger partial charge in [0.15, 0.2) is 0 Å². The van der Waals surface area contributed by atoms with E-state index in [0.29, 0.717) is 18.4 Å². The summed E-state index contributed by atoms with van der Waals surface area (Å²) in [6.07, 6.45) is 8.51. The largest absolute Gasteiger partial charge is 0.339 e. The third-order valence-corrected chi connectivity index (χ3v) is 5.14. The van der Waals surface area contributed by atoms with E-state index in [1.807, 2.05) is 19.4 Å². The zero-order valence-corrected chi connectivity index (χ0v) is 14.7. The molecule has 2 heterocycles. The minimum absolute atomic E-state index is 0.288. The molecule has 0 aliphatic carbocycles. The molecule has 0 unspecified atom stereocenters. The second-order valence-corrected chi connectivity index (χ2v) is 6.74. The smallest absolute Gasteiger partial charge is 0.223 e. The van der Waals surface area contributed by atoms with Crippen molar-refractivity contribution in [2.75, 3.05) is 6.54 Å². The molecule has 128 valence electrons. The van der Waals surface area contributed by atoms with E-state index < -0.39 is 0 Å². The number of benzene rings is 1. The van der Waals surface area contributed by atoms with Gasteiger partial charge in [0.1, 0.15) is 0 Å². The summed E-state index contributed by atoms with van der Waals surface area (Å²) in [4.78, 5) is 14.9. The van der Waals surface area contributed by atoms with Gasteiger partial charge in [0.2, 0.25) is 5.91 Å². The van der Waals surface area contributed by atoms with Crippen molar-refractivity contribution in [1.82, 2.24) is 14.7 Å². The Hall–Kier alpha value is -2.10. The van der Waals surface area contributed by atoms with E-state index in [0.717, 1.165) is 37.8 Å². The molecule has 0 saturated carbocycles. The van der Waals surface area contributed by atoms with E-state index in [-0.39, 0.29) is 5.91 Å². The summed E-state index contributed by atoms with van der Waals surface area (Å²) in [6.45, 7) is 3.13. The summed E-state index contributed by atoms with van der Waals surface area (Å²) in [7, 11) is 1.91. The molecule has 1 aromatic carbocycles. The Kier molecular flexibility index (Phi) is 5.34. The molecule has 0 bridgehead atoms. The molecule has 24 heavy (non-hydrogen) atoms. The number of aryl methyl sites for hydroxylation is 2. The quantitative estimate of drug-likeness (QED) is 0.815. The van der Waals surface area contributed by atoms with Gasteiger partial charge in [-0.3, -0.25) is 9.48 Å². The van der Waals surface area contributed by atoms with E-state index in [1.54, 1.807) is 4.68 Å². The number of likely N-dealkylation sites (tertiary alicyclic amines) is 1. The molecule has 1 aromatic heterocycles. The van der Waals surface area contributed by atoms with Gasteiger partial charge in [-0.1, -0.05) is 37.3 Å². The number of amides is 1. The number of hydrogen-bond donors (Lipinski definition) is 0. The zero-order valence-electron chi connectivity index (χ0n) is 14.7. The van der Waals surface area contributed by atoms with Gasteiger partial charge in [-0.2, -0.15) is 5.10 Å². The molecule has 4 heteroatoms. The first-order chi connectivity index (χ1) is 11.7. The molecular weight excluding hydrogens is 298 g/mol. The Morgan fingerprint density at radius 2 is 2.12 bits per heavy atom. The van der Waals surface area contributed by atoms with Gasteiger partial charge in [-0.05, 0) is 36.8 Å². The molecule has 1 amide bonds. The van der Waals surface area contributed by atoms with E-state index in [9.17, 15) is 4.79 Å². The fourth-order valence-corrected chi connectivity index (χ4v) is 3.95. The van der Waals surface area contributed by atoms with Crippen LogP contribution in [0, 0.1) is 0 Å². The van der Waals surface area contributed by atoms with E-state index >= 15 is 0 Å². The molecule has 0 N–H and O–H groups in total. The summed E-state index contributed by atoms with van der Waals surface area (Å²) in [5.41, 5.74) is 2.49. The van der Waals surface area contributed by atoms with Crippen molar-refractivity contribution in [3.63, 3.8) is 0 Å². The zero-order chi connectivity index (χ0) is 16.9. The summed E-state index contributed by atoms with van der Waals surface area (Å²) in [5.74, 6) is 0.728. The summed E-state index contributed by atoms with van der Waals surface area (Å²) >= 11 is 0. The second-order valence-electron chi connectivity index (χ2n) is 6.74. The van der Waals surface area contributed by atoms with Gasteiger partial charge in [-0.25, -0.2) is 0 Å². The normalized spacial score (nSPS) is 18.8.